The Morgan fingerprint density at radius 1 is 0.336 bits per heavy atom. The zero-order chi connectivity index (χ0) is 95.9. The number of hydrogen-bond donors (Lipinski definition) is 34. The van der Waals surface area contributed by atoms with Crippen LogP contribution in [-0.4, -0.2) is 522 Å². The van der Waals surface area contributed by atoms with E-state index in [4.69, 9.17) is 71.1 Å². The molecule has 736 valence electrons. The smallest absolute Gasteiger partial charge is 0.364 e. The Labute approximate surface area is 721 Å². The van der Waals surface area contributed by atoms with Gasteiger partial charge in [-0.3, -0.25) is 24.0 Å². The fraction of sp³-hybridized carbons (Fsp3) is 0.871. The molecule has 0 aromatic carbocycles. The monoisotopic (exact) mass is 1870 g/mol. The van der Waals surface area contributed by atoms with Crippen LogP contribution < -0.4 is 26.6 Å². The summed E-state index contributed by atoms with van der Waals surface area (Å²) in [5.74, 6) is -28.9. The quantitative estimate of drug-likeness (QED) is 0.0272. The van der Waals surface area contributed by atoms with Gasteiger partial charge in [0.25, 0.3) is 23.1 Å². The second kappa shape index (κ2) is 44.7. The predicted molar refractivity (Wildman–Crippen MR) is 391 cm³/mol. The van der Waals surface area contributed by atoms with E-state index in [9.17, 15) is 191 Å². The molecule has 58 nitrogen and oxygen atoms in total. The topological polar surface area (TPSA) is 939 Å². The van der Waals surface area contributed by atoms with Gasteiger partial charge in [0, 0.05) is 60.3 Å². The molecule has 128 heavy (non-hydrogen) atoms. The maximum Gasteiger partial charge on any atom is 0.364 e. The average molecular weight is 1870 g/mol. The number of carboxylic acid groups (broad SMARTS) is 4. The van der Waals surface area contributed by atoms with E-state index in [0.29, 0.717) is 0 Å². The molecule has 34 N–H and O–H groups in total. The molecular formula is C70H113N5O53. The summed E-state index contributed by atoms with van der Waals surface area (Å²) in [5.41, 5.74) is 0. The van der Waals surface area contributed by atoms with E-state index in [1.54, 1.807) is 0 Å². The van der Waals surface area contributed by atoms with Gasteiger partial charge in [0.15, 0.2) is 25.2 Å². The Balaban J connectivity index is 1.20. The zero-order valence-electron chi connectivity index (χ0n) is 68.3. The number of carbonyl (C=O) groups is 9. The van der Waals surface area contributed by atoms with Crippen molar-refractivity contribution in [1.29, 1.82) is 0 Å². The number of carboxylic acids is 4. The van der Waals surface area contributed by atoms with E-state index in [1.807, 2.05) is 0 Å². The van der Waals surface area contributed by atoms with Gasteiger partial charge in [0.1, 0.15) is 171 Å². The number of aliphatic hydroxyl groups is 25. The number of aliphatic carboxylic acids is 4. The molecule has 0 spiro atoms. The highest BCUT2D eigenvalue weighted by molar-refractivity contribution is 5.79. The molecule has 8 fully saturated rings. The van der Waals surface area contributed by atoms with Gasteiger partial charge >= 0.3 is 23.9 Å². The Kier molecular flexibility index (Phi) is 37.3. The molecule has 5 amide bonds. The van der Waals surface area contributed by atoms with Gasteiger partial charge in [0.05, 0.1) is 101 Å². The van der Waals surface area contributed by atoms with E-state index in [1.165, 1.54) is 0 Å². The van der Waals surface area contributed by atoms with Crippen LogP contribution in [0.1, 0.15) is 60.3 Å². The molecule has 8 aliphatic rings. The fourth-order valence-corrected chi connectivity index (χ4v) is 16.2. The Bertz CT molecular complexity index is 3720. The van der Waals surface area contributed by atoms with Crippen molar-refractivity contribution in [2.75, 3.05) is 52.9 Å². The number of ether oxygens (including phenoxy) is 15. The maximum absolute atomic E-state index is 14.0. The second-order valence-corrected chi connectivity index (χ2v) is 31.8. The van der Waals surface area contributed by atoms with E-state index in [2.05, 4.69) is 26.6 Å². The van der Waals surface area contributed by atoms with Crippen molar-refractivity contribution in [2.45, 2.75) is 328 Å². The van der Waals surface area contributed by atoms with Crippen LogP contribution in [0.4, 0.5) is 0 Å². The van der Waals surface area contributed by atoms with Crippen molar-refractivity contribution < 1.29 is 262 Å². The van der Waals surface area contributed by atoms with Crippen LogP contribution in [0.2, 0.25) is 0 Å². The molecule has 0 bridgehead atoms. The Hall–Kier alpha value is -6.37. The van der Waals surface area contributed by atoms with E-state index < -0.39 is 400 Å². The van der Waals surface area contributed by atoms with Gasteiger partial charge in [-0.25, -0.2) is 19.2 Å². The van der Waals surface area contributed by atoms with Gasteiger partial charge < -0.3 is 246 Å². The van der Waals surface area contributed by atoms with Gasteiger partial charge in [-0.15, -0.1) is 0 Å². The predicted octanol–water partition coefficient (Wildman–Crippen LogP) is -20.9. The van der Waals surface area contributed by atoms with Crippen molar-refractivity contribution >= 4 is 53.4 Å². The largest absolute Gasteiger partial charge is 0.477 e. The van der Waals surface area contributed by atoms with Crippen molar-refractivity contribution in [3.8, 4) is 0 Å². The first kappa shape index (κ1) is 107. The molecule has 8 heterocycles. The second-order valence-electron chi connectivity index (χ2n) is 31.8. The lowest BCUT2D eigenvalue weighted by Gasteiger charge is -2.52. The fourth-order valence-electron chi connectivity index (χ4n) is 16.2. The highest BCUT2D eigenvalue weighted by atomic mass is 16.8. The van der Waals surface area contributed by atoms with E-state index in [-0.39, 0.29) is 0 Å². The standard InChI is InChI=1S/C70H113N5O53/c1-18(83)71-35-24(89)7-68(64(108)109,125-53(35)40(94)27(92)10-76)122-31(14-80)44(98)55-37(73-20(3)85)23(88)6-67(124-55,63(106)107)114-17-34-46(100)52(39(75-22(5)87)60(118-34)121-57-42(96)29(12-78)116-61(49(57)103)119-51-33(16-82)115-59(105)48(102)47(51)101)120-62-50(104)58(43(97)30(13-79)117-62)128-70(66(112)113)9-26(91)38(74-21(4)86)56(127-70)45(99)32(15-81)123-69(65(110)111)8-25(90)36(72-19(2)84)54(126-69)41(95)28(93)11-77/h23-62,76-82,88-105H,6-17H2,1-5H3,(H,71,83)(H,72,84)(H,73,85)(H,74,86)(H,75,87)(H,106,107)(H,108,109)(H,110,111)(H,112,113)/t23-,24-,25-,26-,27+,28+,29+,30+,31+,32+,33+,34+,35+,36+,37+,38+,39+,40+,41+,42-,43-,44+,45+,46+,47+,48+,49+,50+,51+,52+,53+,54+,55+,56+,57-,58-,59+,60-,61-,62-,67+,68+,69+,70-/m0/s1. The summed E-state index contributed by atoms with van der Waals surface area (Å²) in [6.45, 7) is -7.15. The normalized spacial score (nSPS) is 42.5. The van der Waals surface area contributed by atoms with Crippen molar-refractivity contribution in [3.05, 3.63) is 0 Å². The summed E-state index contributed by atoms with van der Waals surface area (Å²) in [5, 5.41) is 335. The first-order valence-electron chi connectivity index (χ1n) is 39.6. The third kappa shape index (κ3) is 23.3. The van der Waals surface area contributed by atoms with Gasteiger partial charge in [-0.2, -0.15) is 0 Å². The molecular weight excluding hydrogens is 1760 g/mol. The average Bonchev–Trinajstić information content (AvgIpc) is 0.746. The molecule has 0 radical (unpaired) electrons. The van der Waals surface area contributed by atoms with Crippen LogP contribution in [0.3, 0.4) is 0 Å². The highest BCUT2D eigenvalue weighted by Crippen LogP contribution is 2.45. The molecule has 44 atom stereocenters. The van der Waals surface area contributed by atoms with Crippen molar-refractivity contribution in [1.82, 2.24) is 26.6 Å². The summed E-state index contributed by atoms with van der Waals surface area (Å²) in [6.07, 6.45) is -91.1. The molecule has 8 saturated heterocycles. The van der Waals surface area contributed by atoms with Crippen LogP contribution in [0.5, 0.6) is 0 Å². The van der Waals surface area contributed by atoms with Gasteiger partial charge in [0.2, 0.25) is 29.5 Å². The molecule has 0 aromatic rings. The van der Waals surface area contributed by atoms with E-state index >= 15 is 0 Å². The van der Waals surface area contributed by atoms with Crippen LogP contribution in [0.15, 0.2) is 0 Å². The number of carbonyl (C=O) groups excluding carboxylic acids is 5. The molecule has 8 aliphatic heterocycles. The van der Waals surface area contributed by atoms with Crippen LogP contribution in [0.25, 0.3) is 0 Å². The third-order valence-corrected chi connectivity index (χ3v) is 22.6. The Morgan fingerprint density at radius 2 is 0.648 bits per heavy atom. The Morgan fingerprint density at radius 3 is 1.02 bits per heavy atom. The minimum Gasteiger partial charge on any atom is -0.477 e. The van der Waals surface area contributed by atoms with Crippen LogP contribution in [0, 0.1) is 0 Å². The van der Waals surface area contributed by atoms with Gasteiger partial charge in [-0.05, 0) is 0 Å². The summed E-state index contributed by atoms with van der Waals surface area (Å²) in [4.78, 5) is 119. The summed E-state index contributed by atoms with van der Waals surface area (Å²) in [6, 6.07) is -10.4. The van der Waals surface area contributed by atoms with Crippen molar-refractivity contribution in [3.63, 3.8) is 0 Å². The summed E-state index contributed by atoms with van der Waals surface area (Å²) < 4.78 is 86.9. The van der Waals surface area contributed by atoms with Crippen molar-refractivity contribution in [2.24, 2.45) is 0 Å². The summed E-state index contributed by atoms with van der Waals surface area (Å²) in [7, 11) is 0. The SMILES string of the molecule is CC(=O)N[C@H]1[C@H](O[C@H]2[C@@H](O)[C@@H](CO)O[C@@H](O[C@H]3[C@H](O)[C@@H](O)[C@H](O)O[C@@H]3CO)[C@@H]2O)O[C@H](CO[C@]2(C(=O)O)C[C@H](O)[C@@H](NC(C)=O)[C@H]([C@H](O)[C@@H](CO)O[C@]3(C(=O)O)C[C@H](O)[C@@H](NC(C)=O)[C@H]([C@H](O)[C@H](O)CO)O3)O2)[C@@H](O)[C@@H]1O[C@@H]1O[C@H](CO)[C@H](O)[C@H](O[C@]2(C(=O)O)C[C@H](O)[C@@H](NC(C)=O)[C@H]([C@H](O)[C@@H](CO)O[C@]3(C(=O)O)C[C@H](O)[C@@H](NC(C)=O)[C@H]([C@H](O)[C@H](O)CO)O3)O2)[C@H]1O. The van der Waals surface area contributed by atoms with Crippen LogP contribution >= 0.6 is 0 Å². The number of nitrogens with one attached hydrogen (secondary N) is 5. The number of amides is 5. The molecule has 0 saturated carbocycles. The first-order chi connectivity index (χ1) is 59.9. The highest BCUT2D eigenvalue weighted by Gasteiger charge is 2.66. The maximum atomic E-state index is 14.0. The molecule has 0 unspecified atom stereocenters. The minimum absolute atomic E-state index is 0.750. The molecule has 0 aliphatic carbocycles. The minimum atomic E-state index is -3.73. The summed E-state index contributed by atoms with van der Waals surface area (Å²) >= 11 is 0. The lowest BCUT2D eigenvalue weighted by molar-refractivity contribution is -0.392. The number of aliphatic hydroxyl groups excluding tert-OH is 25. The molecule has 58 heteroatoms. The number of hydrogen-bond acceptors (Lipinski definition) is 49. The molecule has 8 rings (SSSR count). The van der Waals surface area contributed by atoms with Gasteiger partial charge in [-0.1, -0.05) is 0 Å². The molecule has 0 aromatic heterocycles. The van der Waals surface area contributed by atoms with Crippen LogP contribution in [-0.2, 0) is 114 Å². The zero-order valence-corrected chi connectivity index (χ0v) is 68.3. The first-order valence-corrected chi connectivity index (χ1v) is 39.6. The lowest BCUT2D eigenvalue weighted by atomic mass is 9.87. The van der Waals surface area contributed by atoms with E-state index in [0.717, 1.165) is 34.6 Å². The third-order valence-electron chi connectivity index (χ3n) is 22.6. The lowest BCUT2D eigenvalue weighted by Crippen LogP contribution is -2.72. The number of rotatable bonds is 39.